The molecule has 27 heteroatoms. The molecule has 0 fully saturated rings. The summed E-state index contributed by atoms with van der Waals surface area (Å²) in [6.45, 7) is 14.3. The predicted octanol–water partition coefficient (Wildman–Crippen LogP) is 25.0. The number of hydrogen-bond donors (Lipinski definition) is 2. The Labute approximate surface area is 855 Å². The minimum Gasteiger partial charge on any atom is -0.514 e. The number of anilines is 4. The Hall–Kier alpha value is -10.4. The SMILES string of the molecule is CC(=O)C=C(C)O.CC(=O)C=C(C)O.CC1(C)c2ccccc2-c2c[c-]c(-n3cccn3)cc21.CN1C=CN(c2[c-]ccc3c2oc2ccccc23)[CH-]1.CN1[CH-]N(c2[c-]cccc2)c2ccccc21.FC(F)(F)c1c[c-]c(-c2ccccn2)cc1.[Ir].[Ir].[Ir].[Ir].[Ir].[Ir].[Pt].[c-]1ccccc1-c1ccccn1.[c-]1ccccc1-c1nc2ccccc2o1.[c-]1ccsc1-c1ccccn1. The topological polar surface area (TPSA) is 183 Å². The average molecular weight is 3000 g/mol. The molecule has 0 unspecified atom stereocenters. The summed E-state index contributed by atoms with van der Waals surface area (Å²) in [5.74, 6) is 0.497. The molecule has 682 valence electrons. The van der Waals surface area contributed by atoms with Gasteiger partial charge in [-0.15, -0.1) is 124 Å². The van der Waals surface area contributed by atoms with E-state index in [9.17, 15) is 22.8 Å². The Morgan fingerprint density at radius 2 is 1.06 bits per heavy atom. The van der Waals surface area contributed by atoms with Crippen LogP contribution in [0.25, 0.3) is 94.4 Å². The summed E-state index contributed by atoms with van der Waals surface area (Å²) < 4.78 is 50.3. The second kappa shape index (κ2) is 54.4. The number of aliphatic hydroxyl groups is 2. The smallest absolute Gasteiger partial charge is 0.381 e. The summed E-state index contributed by atoms with van der Waals surface area (Å²) in [7, 11) is 4.05. The normalized spacial score (nSPS) is 11.8. The number of ketones is 2. The maximum atomic E-state index is 12.3. The van der Waals surface area contributed by atoms with E-state index >= 15 is 0 Å². The van der Waals surface area contributed by atoms with Crippen molar-refractivity contribution < 1.29 is 184 Å². The van der Waals surface area contributed by atoms with Gasteiger partial charge < -0.3 is 53.6 Å². The zero-order valence-electron chi connectivity index (χ0n) is 70.8. The summed E-state index contributed by atoms with van der Waals surface area (Å²) >= 11 is 1.66. The number of allylic oxidation sites excluding steroid dienone is 4. The third-order valence-corrected chi connectivity index (χ3v) is 19.3. The molecule has 6 radical (unpaired) electrons. The molecule has 0 saturated heterocycles. The van der Waals surface area contributed by atoms with Crippen LogP contribution < -0.4 is 14.7 Å². The summed E-state index contributed by atoms with van der Waals surface area (Å²) in [6, 6.07) is 111. The molecule has 130 heavy (non-hydrogen) atoms. The molecular formula is C103H84F3Ir6N10O6PtS-9. The molecule has 16 nitrogen and oxygen atoms in total. The fraction of sp³-hybridized carbons (Fsp3) is 0.0971. The van der Waals surface area contributed by atoms with Crippen LogP contribution in [0.4, 0.5) is 35.9 Å². The number of para-hydroxylation sites is 6. The summed E-state index contributed by atoms with van der Waals surface area (Å²) in [4.78, 5) is 46.3. The zero-order valence-corrected chi connectivity index (χ0v) is 88.3. The number of benzene rings is 10. The Morgan fingerprint density at radius 1 is 0.492 bits per heavy atom. The number of aromatic nitrogens is 6. The fourth-order valence-corrected chi connectivity index (χ4v) is 13.6. The number of carbonyl (C=O) groups is 2. The number of fused-ring (bicyclic) bond motifs is 8. The monoisotopic (exact) mass is 3000 g/mol. The Morgan fingerprint density at radius 3 is 1.59 bits per heavy atom. The van der Waals surface area contributed by atoms with E-state index in [-0.39, 0.29) is 170 Å². The molecule has 0 bridgehead atoms. The number of aliphatic hydroxyl groups excluding tert-OH is 2. The molecule has 1 aliphatic carbocycles. The predicted molar refractivity (Wildman–Crippen MR) is 484 cm³/mol. The Bertz CT molecular complexity index is 6250. The van der Waals surface area contributed by atoms with Crippen molar-refractivity contribution in [2.45, 2.75) is 53.1 Å². The van der Waals surface area contributed by atoms with Crippen LogP contribution in [0.1, 0.15) is 58.2 Å². The van der Waals surface area contributed by atoms with Gasteiger partial charge in [0.1, 0.15) is 17.1 Å². The van der Waals surface area contributed by atoms with E-state index in [1.165, 1.54) is 79.5 Å². The number of hydrogen-bond acceptors (Lipinski definition) is 16. The van der Waals surface area contributed by atoms with Crippen molar-refractivity contribution in [3.8, 4) is 61.4 Å². The van der Waals surface area contributed by atoms with Gasteiger partial charge in [-0.1, -0.05) is 144 Å². The van der Waals surface area contributed by atoms with Crippen molar-refractivity contribution in [2.75, 3.05) is 28.8 Å². The van der Waals surface area contributed by atoms with E-state index in [1.54, 1.807) is 54.3 Å². The van der Waals surface area contributed by atoms with Gasteiger partial charge in [-0.05, 0) is 148 Å². The molecule has 20 rings (SSSR count). The number of carbonyl (C=O) groups excluding carboxylic acids is 2. The van der Waals surface area contributed by atoms with Crippen molar-refractivity contribution in [2.24, 2.45) is 0 Å². The van der Waals surface area contributed by atoms with E-state index in [0.29, 0.717) is 17.1 Å². The first-order chi connectivity index (χ1) is 59.6. The molecule has 2 N–H and O–H groups in total. The third kappa shape index (κ3) is 30.8. The van der Waals surface area contributed by atoms with Gasteiger partial charge in [0.05, 0.1) is 17.0 Å². The first kappa shape index (κ1) is 110. The van der Waals surface area contributed by atoms with Gasteiger partial charge in [0.15, 0.2) is 11.6 Å². The van der Waals surface area contributed by atoms with Crippen LogP contribution in [0.15, 0.2) is 360 Å². The molecule has 0 atom stereocenters. The summed E-state index contributed by atoms with van der Waals surface area (Å²) in [5.41, 5.74) is 18.6. The van der Waals surface area contributed by atoms with Gasteiger partial charge in [-0.3, -0.25) is 19.3 Å². The number of nitrogens with zero attached hydrogens (tertiary/aromatic N) is 10. The Balaban J connectivity index is 0.000000261. The zero-order chi connectivity index (χ0) is 86.7. The maximum absolute atomic E-state index is 12.3. The minimum absolute atomic E-state index is 0. The number of thiophene rings is 1. The molecule has 3 aliphatic rings. The van der Waals surface area contributed by atoms with E-state index in [1.807, 2.05) is 222 Å². The van der Waals surface area contributed by atoms with E-state index in [0.717, 1.165) is 89.6 Å². The van der Waals surface area contributed by atoms with Crippen LogP contribution in [-0.2, 0) is 163 Å². The van der Waals surface area contributed by atoms with Gasteiger partial charge in [-0.25, -0.2) is 11.3 Å². The van der Waals surface area contributed by atoms with Crippen LogP contribution in [0, 0.1) is 55.8 Å². The van der Waals surface area contributed by atoms with Gasteiger partial charge in [0.2, 0.25) is 0 Å². The van der Waals surface area contributed by atoms with Gasteiger partial charge in [-0.2, -0.15) is 104 Å². The number of halogens is 3. The van der Waals surface area contributed by atoms with Crippen molar-refractivity contribution >= 4 is 78.7 Å². The molecule has 2 aliphatic heterocycles. The molecule has 10 aromatic carbocycles. The average Bonchev–Trinajstić information content (AvgIpc) is 1.58. The fourth-order valence-electron chi connectivity index (χ4n) is 12.9. The molecule has 0 spiro atoms. The number of oxazole rings is 1. The van der Waals surface area contributed by atoms with Crippen LogP contribution in [0.2, 0.25) is 0 Å². The quantitative estimate of drug-likeness (QED) is 0.0790. The molecular weight excluding hydrogens is 2910 g/mol. The number of pyridine rings is 3. The van der Waals surface area contributed by atoms with Crippen LogP contribution in [0.3, 0.4) is 0 Å². The van der Waals surface area contributed by atoms with Crippen molar-refractivity contribution in [1.82, 2.24) is 34.6 Å². The van der Waals surface area contributed by atoms with E-state index in [4.69, 9.17) is 19.0 Å². The van der Waals surface area contributed by atoms with Crippen molar-refractivity contribution in [3.63, 3.8) is 0 Å². The van der Waals surface area contributed by atoms with Gasteiger partial charge >= 0.3 is 6.18 Å². The summed E-state index contributed by atoms with van der Waals surface area (Å²) in [6.07, 6.45) is 10.9. The first-order valence-corrected chi connectivity index (χ1v) is 39.7. The number of furan rings is 1. The summed E-state index contributed by atoms with van der Waals surface area (Å²) in [5, 5.41) is 25.3. The maximum Gasteiger partial charge on any atom is 0.381 e. The van der Waals surface area contributed by atoms with Crippen molar-refractivity contribution in [1.29, 1.82) is 0 Å². The Kier molecular flexibility index (Phi) is 46.1. The second-order valence-electron chi connectivity index (χ2n) is 28.1. The number of alkyl halides is 3. The third-order valence-electron chi connectivity index (χ3n) is 18.5. The molecule has 0 saturated carbocycles. The van der Waals surface area contributed by atoms with Crippen molar-refractivity contribution in [3.05, 3.63) is 424 Å². The standard InChI is InChI=1S/C18H15N2.C16H12N2O.C14H12N2.C13H8NO.C12H7F3N.C11H8N.C9H6NS.2C5H8O2.6Ir.Pt/c1-18(2)16-7-4-3-6-14(16)15-9-8-13(12-17(15)18)20-11-5-10-19-20;1-17-9-10-18(11-17)14-7-4-6-13-12-5-2-3-8-15(12)19-16(13)14;1-15-11-16(12-7-3-2-4-8-12)14-10-6-5-9-13(14)15;1-2-6-10(7-3-1)13-14-11-8-4-5-9-12(11)15-13;13-12(14,15)10-6-4-9(5-7-10)11-3-1-2-8-16-11;1-2-6-10(7-3-1)11-8-4-5-9-12-11;1-2-6-10-8(4-1)9-5-3-7-11-9;2*1-4(6)3-5(2)7;;;;;;;/h3-7,9-12H,1-2H3;2-6,8-11H,1H3;2-7,9-11H,1H3;1-6,8-9H;1-4,6-8H;1-6,8-9H;1-4,6-7H;2*3,6H,1-2H3;;;;;;;/q-1;2*-2;4*-1;;;;;;;;;. The molecule has 0 amide bonds. The van der Waals surface area contributed by atoms with Crippen LogP contribution >= 0.6 is 11.3 Å². The van der Waals surface area contributed by atoms with E-state index < -0.39 is 11.7 Å². The second-order valence-corrected chi connectivity index (χ2v) is 29.0. The molecule has 9 heterocycles. The molecule has 17 aromatic rings. The van der Waals surface area contributed by atoms with Gasteiger partial charge in [0.25, 0.3) is 0 Å². The van der Waals surface area contributed by atoms with Crippen LogP contribution in [0.5, 0.6) is 0 Å². The number of rotatable bonds is 9. The minimum atomic E-state index is -4.32. The molecule has 7 aromatic heterocycles. The van der Waals surface area contributed by atoms with Crippen LogP contribution in [-0.4, -0.2) is 70.5 Å². The van der Waals surface area contributed by atoms with E-state index in [2.05, 4.69) is 178 Å². The van der Waals surface area contributed by atoms with Gasteiger partial charge in [0, 0.05) is 207 Å². The first-order valence-electron chi connectivity index (χ1n) is 38.8. The largest absolute Gasteiger partial charge is 0.514 e.